The normalized spacial score (nSPS) is 15.1. The number of halogens is 1. The largest absolute Gasteiger partial charge is 0.497 e. The second-order valence-corrected chi connectivity index (χ2v) is 10.5. The van der Waals surface area contributed by atoms with Crippen molar-refractivity contribution < 1.29 is 26.9 Å². The second kappa shape index (κ2) is 10.2. The van der Waals surface area contributed by atoms with Crippen molar-refractivity contribution in [2.45, 2.75) is 11.8 Å². The molecular formula is C25H19BrN2O6S2. The molecule has 3 aromatic rings. The fourth-order valence-corrected chi connectivity index (χ4v) is 5.15. The molecular weight excluding hydrogens is 568 g/mol. The molecule has 0 aromatic heterocycles. The van der Waals surface area contributed by atoms with E-state index in [1.807, 2.05) is 6.92 Å². The molecule has 1 N–H and O–H groups in total. The van der Waals surface area contributed by atoms with Gasteiger partial charge in [-0.15, -0.1) is 0 Å². The fourth-order valence-electron chi connectivity index (χ4n) is 3.34. The second-order valence-electron chi connectivity index (χ2n) is 7.70. The van der Waals surface area contributed by atoms with Crippen LogP contribution in [-0.4, -0.2) is 32.5 Å². The number of anilines is 1. The number of carbonyl (C=O) groups is 2. The molecule has 0 atom stereocenters. The van der Waals surface area contributed by atoms with Gasteiger partial charge in [0.2, 0.25) is 0 Å². The predicted octanol–water partition coefficient (Wildman–Crippen LogP) is 4.37. The molecule has 0 radical (unpaired) electrons. The Labute approximate surface area is 221 Å². The summed E-state index contributed by atoms with van der Waals surface area (Å²) < 4.78 is 36.0. The summed E-state index contributed by atoms with van der Waals surface area (Å²) >= 11 is 8.52. The maximum atomic E-state index is 13.2. The highest BCUT2D eigenvalue weighted by atomic mass is 79.9. The van der Waals surface area contributed by atoms with Crippen molar-refractivity contribution in [2.75, 3.05) is 12.0 Å². The van der Waals surface area contributed by atoms with E-state index in [0.717, 1.165) is 5.56 Å². The zero-order valence-corrected chi connectivity index (χ0v) is 22.2. The van der Waals surface area contributed by atoms with Gasteiger partial charge in [-0.3, -0.25) is 19.8 Å². The van der Waals surface area contributed by atoms with Crippen molar-refractivity contribution in [2.24, 2.45) is 0 Å². The van der Waals surface area contributed by atoms with Crippen LogP contribution in [0.2, 0.25) is 0 Å². The van der Waals surface area contributed by atoms with Crippen molar-refractivity contribution in [3.8, 4) is 11.5 Å². The van der Waals surface area contributed by atoms with E-state index in [0.29, 0.717) is 21.5 Å². The van der Waals surface area contributed by atoms with Crippen LogP contribution in [0.5, 0.6) is 11.5 Å². The van der Waals surface area contributed by atoms with Crippen LogP contribution in [0.25, 0.3) is 6.08 Å². The third kappa shape index (κ3) is 5.32. The third-order valence-electron chi connectivity index (χ3n) is 5.21. The molecule has 0 aliphatic carbocycles. The first-order chi connectivity index (χ1) is 17.1. The maximum absolute atomic E-state index is 13.2. The fraction of sp³-hybridized carbons (Fsp3) is 0.0800. The topological polar surface area (TPSA) is 102 Å². The van der Waals surface area contributed by atoms with Gasteiger partial charge in [0.1, 0.15) is 16.2 Å². The molecule has 1 saturated heterocycles. The lowest BCUT2D eigenvalue weighted by Gasteiger charge is -2.29. The molecule has 0 spiro atoms. The Morgan fingerprint density at radius 3 is 2.28 bits per heavy atom. The van der Waals surface area contributed by atoms with Gasteiger partial charge in [-0.1, -0.05) is 23.8 Å². The van der Waals surface area contributed by atoms with Crippen LogP contribution in [0.1, 0.15) is 11.1 Å². The van der Waals surface area contributed by atoms with Crippen LogP contribution < -0.4 is 19.1 Å². The van der Waals surface area contributed by atoms with Crippen LogP contribution in [0.3, 0.4) is 0 Å². The van der Waals surface area contributed by atoms with Crippen molar-refractivity contribution in [1.29, 1.82) is 0 Å². The van der Waals surface area contributed by atoms with Crippen molar-refractivity contribution in [1.82, 2.24) is 5.32 Å². The summed E-state index contributed by atoms with van der Waals surface area (Å²) in [5.74, 6) is -0.593. The number of carbonyl (C=O) groups excluding carboxylic acids is 2. The van der Waals surface area contributed by atoms with Gasteiger partial charge < -0.3 is 8.92 Å². The number of ether oxygens (including phenoxy) is 1. The van der Waals surface area contributed by atoms with Crippen LogP contribution in [0.15, 0.2) is 81.7 Å². The highest BCUT2D eigenvalue weighted by Crippen LogP contribution is 2.31. The molecule has 4 rings (SSSR count). The van der Waals surface area contributed by atoms with E-state index >= 15 is 0 Å². The lowest BCUT2D eigenvalue weighted by molar-refractivity contribution is -0.122. The van der Waals surface area contributed by atoms with E-state index in [1.165, 1.54) is 48.4 Å². The molecule has 0 bridgehead atoms. The maximum Gasteiger partial charge on any atom is 0.339 e. The number of methoxy groups -OCH3 is 1. The summed E-state index contributed by atoms with van der Waals surface area (Å²) in [5, 5.41) is 2.48. The Kier molecular flexibility index (Phi) is 7.25. The molecule has 1 heterocycles. The molecule has 3 aromatic carbocycles. The molecule has 1 aliphatic heterocycles. The van der Waals surface area contributed by atoms with Gasteiger partial charge in [0, 0.05) is 0 Å². The lowest BCUT2D eigenvalue weighted by atomic mass is 10.1. The van der Waals surface area contributed by atoms with E-state index in [2.05, 4.69) is 21.2 Å². The summed E-state index contributed by atoms with van der Waals surface area (Å²) in [7, 11) is -2.53. The Balaban J connectivity index is 1.60. The zero-order chi connectivity index (χ0) is 26.0. The number of hydrogen-bond acceptors (Lipinski definition) is 7. The number of aryl methyl sites for hydroxylation is 1. The van der Waals surface area contributed by atoms with Gasteiger partial charge in [-0.2, -0.15) is 8.42 Å². The smallest absolute Gasteiger partial charge is 0.339 e. The molecule has 11 heteroatoms. The molecule has 36 heavy (non-hydrogen) atoms. The minimum atomic E-state index is -4.05. The summed E-state index contributed by atoms with van der Waals surface area (Å²) in [5.41, 5.74) is 1.69. The first-order valence-electron chi connectivity index (χ1n) is 10.5. The van der Waals surface area contributed by atoms with E-state index in [1.54, 1.807) is 36.4 Å². The highest BCUT2D eigenvalue weighted by Gasteiger charge is 2.34. The first kappa shape index (κ1) is 25.5. The average Bonchev–Trinajstić information content (AvgIpc) is 2.84. The van der Waals surface area contributed by atoms with Crippen LogP contribution in [-0.2, 0) is 19.7 Å². The Morgan fingerprint density at radius 2 is 1.67 bits per heavy atom. The molecule has 184 valence electrons. The van der Waals surface area contributed by atoms with Crippen molar-refractivity contribution >= 4 is 67.0 Å². The average molecular weight is 587 g/mol. The monoisotopic (exact) mass is 586 g/mol. The van der Waals surface area contributed by atoms with Gasteiger partial charge in [-0.05, 0) is 95.2 Å². The Hall–Kier alpha value is -3.54. The summed E-state index contributed by atoms with van der Waals surface area (Å²) in [6, 6.07) is 17.4. The molecule has 8 nitrogen and oxygen atoms in total. The Bertz CT molecular complexity index is 1500. The van der Waals surface area contributed by atoms with Crippen LogP contribution >= 0.6 is 28.1 Å². The molecule has 1 fully saturated rings. The highest BCUT2D eigenvalue weighted by molar-refractivity contribution is 9.10. The predicted molar refractivity (Wildman–Crippen MR) is 142 cm³/mol. The van der Waals surface area contributed by atoms with Crippen molar-refractivity contribution in [3.63, 3.8) is 0 Å². The molecule has 2 amide bonds. The first-order valence-corrected chi connectivity index (χ1v) is 13.1. The van der Waals surface area contributed by atoms with E-state index < -0.39 is 21.9 Å². The number of rotatable bonds is 6. The standard InChI is InChI=1S/C25H19BrN2O6S2/c1-15-3-10-19(11-4-15)36(31,32)34-22-12-5-16(14-21(22)26)13-20-23(29)27-25(35)28(24(20)30)17-6-8-18(33-2)9-7-17/h3-14H,1-2H3,(H,27,29,35)/b20-13-. The zero-order valence-electron chi connectivity index (χ0n) is 19.0. The van der Waals surface area contributed by atoms with E-state index in [4.69, 9.17) is 21.1 Å². The summed E-state index contributed by atoms with van der Waals surface area (Å²) in [6.45, 7) is 1.85. The number of nitrogens with one attached hydrogen (secondary N) is 1. The summed E-state index contributed by atoms with van der Waals surface area (Å²) in [4.78, 5) is 27.0. The van der Waals surface area contributed by atoms with Gasteiger partial charge in [0.25, 0.3) is 11.8 Å². The minimum Gasteiger partial charge on any atom is -0.497 e. The van der Waals surface area contributed by atoms with Crippen LogP contribution in [0, 0.1) is 6.92 Å². The van der Waals surface area contributed by atoms with E-state index in [9.17, 15) is 18.0 Å². The molecule has 1 aliphatic rings. The number of nitrogens with zero attached hydrogens (tertiary/aromatic N) is 1. The number of amides is 2. The Morgan fingerprint density at radius 1 is 1.00 bits per heavy atom. The number of thiocarbonyl (C=S) groups is 1. The van der Waals surface area contributed by atoms with Crippen LogP contribution in [0.4, 0.5) is 5.69 Å². The number of hydrogen-bond donors (Lipinski definition) is 1. The van der Waals surface area contributed by atoms with E-state index in [-0.39, 0.29) is 21.3 Å². The number of benzene rings is 3. The molecule has 0 saturated carbocycles. The quantitative estimate of drug-likeness (QED) is 0.198. The van der Waals surface area contributed by atoms with Gasteiger partial charge >= 0.3 is 10.1 Å². The van der Waals surface area contributed by atoms with Gasteiger partial charge in [0.15, 0.2) is 10.9 Å². The summed E-state index contributed by atoms with van der Waals surface area (Å²) in [6.07, 6.45) is 1.39. The third-order valence-corrected chi connectivity index (χ3v) is 7.36. The SMILES string of the molecule is COc1ccc(N2C(=O)/C(=C\c3ccc(OS(=O)(=O)c4ccc(C)cc4)c(Br)c3)C(=O)NC2=S)cc1. The minimum absolute atomic E-state index is 0.0188. The van der Waals surface area contributed by atoms with Gasteiger partial charge in [0.05, 0.1) is 17.3 Å². The van der Waals surface area contributed by atoms with Crippen molar-refractivity contribution in [3.05, 3.63) is 87.9 Å². The van der Waals surface area contributed by atoms with Gasteiger partial charge in [-0.25, -0.2) is 0 Å². The lowest BCUT2D eigenvalue weighted by Crippen LogP contribution is -2.54. The molecule has 0 unspecified atom stereocenters.